The summed E-state index contributed by atoms with van der Waals surface area (Å²) in [6.45, 7) is 3.96. The third-order valence-corrected chi connectivity index (χ3v) is 3.28. The first-order valence-electron chi connectivity index (χ1n) is 5.76. The van der Waals surface area contributed by atoms with Crippen LogP contribution in [0.4, 0.5) is 5.82 Å². The standard InChI is InChI=1S/C11H18N2O4S/c1-3-4-8-17-11-7-5-6-10(13-11)12-9(2)18(14,15)16/h5-7,9H,3-4,8H2,1-2H3,(H,12,13)(H,14,15,16). The van der Waals surface area contributed by atoms with Gasteiger partial charge < -0.3 is 10.1 Å². The average Bonchev–Trinajstić information content (AvgIpc) is 2.28. The first-order valence-corrected chi connectivity index (χ1v) is 7.26. The van der Waals surface area contributed by atoms with E-state index >= 15 is 0 Å². The van der Waals surface area contributed by atoms with Crippen LogP contribution in [0.3, 0.4) is 0 Å². The van der Waals surface area contributed by atoms with Crippen LogP contribution < -0.4 is 10.1 Å². The van der Waals surface area contributed by atoms with Crippen LogP contribution in [-0.4, -0.2) is 29.9 Å². The van der Waals surface area contributed by atoms with Gasteiger partial charge in [0.15, 0.2) is 5.37 Å². The van der Waals surface area contributed by atoms with Gasteiger partial charge in [-0.3, -0.25) is 4.55 Å². The number of hydrogen-bond acceptors (Lipinski definition) is 5. The molecule has 18 heavy (non-hydrogen) atoms. The predicted molar refractivity (Wildman–Crippen MR) is 69.3 cm³/mol. The molecule has 0 aliphatic heterocycles. The molecule has 1 rings (SSSR count). The lowest BCUT2D eigenvalue weighted by molar-refractivity contribution is 0.298. The van der Waals surface area contributed by atoms with Gasteiger partial charge in [0.2, 0.25) is 5.88 Å². The summed E-state index contributed by atoms with van der Waals surface area (Å²) < 4.78 is 36.0. The molecule has 2 N–H and O–H groups in total. The van der Waals surface area contributed by atoms with Crippen LogP contribution in [-0.2, 0) is 10.1 Å². The van der Waals surface area contributed by atoms with Crippen LogP contribution in [0.25, 0.3) is 0 Å². The molecular weight excluding hydrogens is 256 g/mol. The van der Waals surface area contributed by atoms with Gasteiger partial charge in [0.25, 0.3) is 10.1 Å². The molecule has 1 aromatic heterocycles. The fourth-order valence-electron chi connectivity index (χ4n) is 1.18. The van der Waals surface area contributed by atoms with E-state index in [0.717, 1.165) is 12.8 Å². The van der Waals surface area contributed by atoms with Crippen LogP contribution in [0.5, 0.6) is 5.88 Å². The molecule has 0 aromatic carbocycles. The van der Waals surface area contributed by atoms with Crippen molar-refractivity contribution < 1.29 is 17.7 Å². The lowest BCUT2D eigenvalue weighted by Crippen LogP contribution is -2.25. The minimum absolute atomic E-state index is 0.342. The van der Waals surface area contributed by atoms with E-state index in [-0.39, 0.29) is 0 Å². The fourth-order valence-corrected chi connectivity index (χ4v) is 1.45. The molecule has 0 fully saturated rings. The Morgan fingerprint density at radius 2 is 2.22 bits per heavy atom. The molecule has 0 radical (unpaired) electrons. The Bertz CT molecular complexity index is 476. The number of hydrogen-bond donors (Lipinski definition) is 2. The summed E-state index contributed by atoms with van der Waals surface area (Å²) in [4.78, 5) is 4.09. The Labute approximate surface area is 107 Å². The molecule has 0 saturated carbocycles. The summed E-state index contributed by atoms with van der Waals surface area (Å²) in [5.41, 5.74) is 0. The SMILES string of the molecule is CCCCOc1cccc(NC(C)S(=O)(=O)O)n1. The zero-order valence-corrected chi connectivity index (χ0v) is 11.3. The number of aromatic nitrogens is 1. The third kappa shape index (κ3) is 4.89. The molecule has 1 aromatic rings. The highest BCUT2D eigenvalue weighted by Gasteiger charge is 2.17. The molecule has 1 atom stereocenters. The van der Waals surface area contributed by atoms with E-state index in [1.807, 2.05) is 0 Å². The minimum atomic E-state index is -4.13. The number of unbranched alkanes of at least 4 members (excludes halogenated alkanes) is 1. The number of pyridine rings is 1. The number of rotatable bonds is 7. The molecule has 1 unspecified atom stereocenters. The van der Waals surface area contributed by atoms with Crippen LogP contribution in [0.2, 0.25) is 0 Å². The van der Waals surface area contributed by atoms with Crippen molar-refractivity contribution in [3.63, 3.8) is 0 Å². The van der Waals surface area contributed by atoms with Crippen LogP contribution in [0, 0.1) is 0 Å². The lowest BCUT2D eigenvalue weighted by Gasteiger charge is -2.12. The zero-order chi connectivity index (χ0) is 13.6. The van der Waals surface area contributed by atoms with Crippen molar-refractivity contribution >= 4 is 15.9 Å². The Morgan fingerprint density at radius 1 is 1.50 bits per heavy atom. The second kappa shape index (κ2) is 6.55. The highest BCUT2D eigenvalue weighted by molar-refractivity contribution is 7.86. The molecular formula is C11H18N2O4S. The van der Waals surface area contributed by atoms with Gasteiger partial charge in [0.05, 0.1) is 6.61 Å². The maximum Gasteiger partial charge on any atom is 0.285 e. The molecule has 0 bridgehead atoms. The fraction of sp³-hybridized carbons (Fsp3) is 0.545. The largest absolute Gasteiger partial charge is 0.478 e. The van der Waals surface area contributed by atoms with Gasteiger partial charge in [-0.2, -0.15) is 13.4 Å². The molecule has 7 heteroatoms. The second-order valence-electron chi connectivity index (χ2n) is 3.86. The van der Waals surface area contributed by atoms with Crippen molar-refractivity contribution in [1.82, 2.24) is 4.98 Å². The molecule has 0 spiro atoms. The summed E-state index contributed by atoms with van der Waals surface area (Å²) in [6, 6.07) is 5.00. The van der Waals surface area contributed by atoms with E-state index in [4.69, 9.17) is 9.29 Å². The van der Waals surface area contributed by atoms with Gasteiger partial charge in [-0.05, 0) is 19.4 Å². The number of ether oxygens (including phenoxy) is 1. The summed E-state index contributed by atoms with van der Waals surface area (Å²) in [5.74, 6) is 0.769. The first-order chi connectivity index (χ1) is 8.43. The van der Waals surface area contributed by atoms with Gasteiger partial charge in [0.1, 0.15) is 5.82 Å². The highest BCUT2D eigenvalue weighted by atomic mass is 32.2. The van der Waals surface area contributed by atoms with Gasteiger partial charge in [-0.1, -0.05) is 19.4 Å². The van der Waals surface area contributed by atoms with Gasteiger partial charge in [-0.15, -0.1) is 0 Å². The monoisotopic (exact) mass is 274 g/mol. The normalized spacial score (nSPS) is 13.1. The van der Waals surface area contributed by atoms with Crippen molar-refractivity contribution in [2.75, 3.05) is 11.9 Å². The first kappa shape index (κ1) is 14.7. The smallest absolute Gasteiger partial charge is 0.285 e. The third-order valence-electron chi connectivity index (χ3n) is 2.27. The average molecular weight is 274 g/mol. The summed E-state index contributed by atoms with van der Waals surface area (Å²) >= 11 is 0. The van der Waals surface area contributed by atoms with E-state index in [0.29, 0.717) is 18.3 Å². The van der Waals surface area contributed by atoms with E-state index < -0.39 is 15.5 Å². The molecule has 6 nitrogen and oxygen atoms in total. The van der Waals surface area contributed by atoms with Crippen molar-refractivity contribution in [1.29, 1.82) is 0 Å². The summed E-state index contributed by atoms with van der Waals surface area (Å²) in [5, 5.41) is 1.47. The molecule has 0 saturated heterocycles. The zero-order valence-electron chi connectivity index (χ0n) is 10.5. The number of anilines is 1. The van der Waals surface area contributed by atoms with E-state index in [1.165, 1.54) is 6.92 Å². The van der Waals surface area contributed by atoms with Gasteiger partial charge >= 0.3 is 0 Å². The van der Waals surface area contributed by atoms with Crippen molar-refractivity contribution in [3.8, 4) is 5.88 Å². The Balaban J connectivity index is 2.65. The molecule has 1 heterocycles. The molecule has 0 aliphatic carbocycles. The van der Waals surface area contributed by atoms with E-state index in [1.54, 1.807) is 18.2 Å². The molecule has 0 aliphatic rings. The maximum absolute atomic E-state index is 10.9. The van der Waals surface area contributed by atoms with Crippen molar-refractivity contribution in [2.45, 2.75) is 32.1 Å². The van der Waals surface area contributed by atoms with E-state index in [2.05, 4.69) is 17.2 Å². The maximum atomic E-state index is 10.9. The Kier molecular flexibility index (Phi) is 5.36. The highest BCUT2D eigenvalue weighted by Crippen LogP contribution is 2.13. The topological polar surface area (TPSA) is 88.5 Å². The van der Waals surface area contributed by atoms with Crippen LogP contribution >= 0.6 is 0 Å². The second-order valence-corrected chi connectivity index (χ2v) is 5.60. The van der Waals surface area contributed by atoms with Crippen molar-refractivity contribution in [2.24, 2.45) is 0 Å². The molecule has 0 amide bonds. The molecule has 102 valence electrons. The predicted octanol–water partition coefficient (Wildman–Crippen LogP) is 1.91. The summed E-state index contributed by atoms with van der Waals surface area (Å²) in [6.07, 6.45) is 1.96. The van der Waals surface area contributed by atoms with E-state index in [9.17, 15) is 8.42 Å². The van der Waals surface area contributed by atoms with Crippen LogP contribution in [0.15, 0.2) is 18.2 Å². The van der Waals surface area contributed by atoms with Gasteiger partial charge in [0, 0.05) is 6.07 Å². The Morgan fingerprint density at radius 3 is 2.83 bits per heavy atom. The minimum Gasteiger partial charge on any atom is -0.478 e. The summed E-state index contributed by atoms with van der Waals surface area (Å²) in [7, 11) is -4.13. The Hall–Kier alpha value is -1.34. The van der Waals surface area contributed by atoms with Gasteiger partial charge in [-0.25, -0.2) is 0 Å². The van der Waals surface area contributed by atoms with Crippen molar-refractivity contribution in [3.05, 3.63) is 18.2 Å². The number of nitrogens with one attached hydrogen (secondary N) is 1. The quantitative estimate of drug-likeness (QED) is 0.583. The number of nitrogens with zero attached hydrogens (tertiary/aromatic N) is 1. The van der Waals surface area contributed by atoms with Crippen LogP contribution in [0.1, 0.15) is 26.7 Å². The lowest BCUT2D eigenvalue weighted by atomic mass is 10.4.